The molecule has 0 aromatic heterocycles. The number of carboxylic acids is 1. The molecule has 16 heavy (non-hydrogen) atoms. The molecule has 2 rings (SSSR count). The van der Waals surface area contributed by atoms with Gasteiger partial charge in [0, 0.05) is 24.0 Å². The van der Waals surface area contributed by atoms with Crippen LogP contribution in [0.25, 0.3) is 0 Å². The Morgan fingerprint density at radius 1 is 1.50 bits per heavy atom. The first-order valence-corrected chi connectivity index (χ1v) is 5.67. The fourth-order valence-electron chi connectivity index (χ4n) is 2.19. The van der Waals surface area contributed by atoms with E-state index in [9.17, 15) is 4.79 Å². The number of carbonyl (C=O) groups is 1. The van der Waals surface area contributed by atoms with E-state index in [2.05, 4.69) is 5.32 Å². The van der Waals surface area contributed by atoms with Gasteiger partial charge in [-0.05, 0) is 24.1 Å². The molecule has 0 bridgehead atoms. The molecule has 1 aromatic rings. The minimum absolute atomic E-state index is 0.0495. The zero-order valence-electron chi connectivity index (χ0n) is 9.03. The van der Waals surface area contributed by atoms with Crippen LogP contribution in [0.2, 0.25) is 5.02 Å². The molecule has 1 heterocycles. The van der Waals surface area contributed by atoms with Crippen molar-refractivity contribution in [1.82, 2.24) is 5.32 Å². The molecule has 1 saturated heterocycles. The van der Waals surface area contributed by atoms with Crippen molar-refractivity contribution < 1.29 is 9.90 Å². The van der Waals surface area contributed by atoms with Crippen LogP contribution in [-0.2, 0) is 4.79 Å². The Labute approximate surface area is 99.4 Å². The van der Waals surface area contributed by atoms with Crippen LogP contribution >= 0.6 is 11.6 Å². The molecule has 1 fully saturated rings. The minimum atomic E-state index is -0.734. The fraction of sp³-hybridized carbons (Fsp3) is 0.417. The maximum absolute atomic E-state index is 11.1. The molecular formula is C12H14ClNO2. The van der Waals surface area contributed by atoms with Gasteiger partial charge in [-0.3, -0.25) is 4.79 Å². The molecule has 1 aromatic carbocycles. The van der Waals surface area contributed by atoms with E-state index in [-0.39, 0.29) is 11.8 Å². The van der Waals surface area contributed by atoms with Crippen LogP contribution in [0.15, 0.2) is 18.2 Å². The molecule has 2 N–H and O–H groups in total. The summed E-state index contributed by atoms with van der Waals surface area (Å²) in [6.45, 7) is 3.20. The highest BCUT2D eigenvalue weighted by molar-refractivity contribution is 6.31. The summed E-state index contributed by atoms with van der Waals surface area (Å²) in [5, 5.41) is 12.9. The molecule has 0 saturated carbocycles. The largest absolute Gasteiger partial charge is 0.481 e. The quantitative estimate of drug-likeness (QED) is 0.830. The molecule has 4 heteroatoms. The molecule has 3 nitrogen and oxygen atoms in total. The van der Waals surface area contributed by atoms with Crippen LogP contribution in [0.4, 0.5) is 0 Å². The first kappa shape index (κ1) is 11.4. The lowest BCUT2D eigenvalue weighted by Crippen LogP contribution is -2.21. The van der Waals surface area contributed by atoms with Gasteiger partial charge in [0.2, 0.25) is 0 Å². The Hall–Kier alpha value is -1.06. The van der Waals surface area contributed by atoms with Crippen LogP contribution in [0.1, 0.15) is 17.0 Å². The average Bonchev–Trinajstić information content (AvgIpc) is 2.71. The normalized spacial score (nSPS) is 24.6. The standard InChI is InChI=1S/C12H14ClNO2/c1-7-4-8(2-3-11(7)13)9-5-14-6-10(9)12(15)16/h2-4,9-10,14H,5-6H2,1H3,(H,15,16)/t9-,10+/m0/s1. The van der Waals surface area contributed by atoms with Gasteiger partial charge in [0.25, 0.3) is 0 Å². The highest BCUT2D eigenvalue weighted by atomic mass is 35.5. The average molecular weight is 240 g/mol. The SMILES string of the molecule is Cc1cc([C@@H]2CNC[C@H]2C(=O)O)ccc1Cl. The van der Waals surface area contributed by atoms with Gasteiger partial charge < -0.3 is 10.4 Å². The first-order valence-electron chi connectivity index (χ1n) is 5.29. The lowest BCUT2D eigenvalue weighted by molar-refractivity contribution is -0.141. The van der Waals surface area contributed by atoms with Crippen LogP contribution in [0.5, 0.6) is 0 Å². The van der Waals surface area contributed by atoms with Crippen molar-refractivity contribution in [3.63, 3.8) is 0 Å². The molecule has 0 unspecified atom stereocenters. The summed E-state index contributed by atoms with van der Waals surface area (Å²) in [4.78, 5) is 11.1. The highest BCUT2D eigenvalue weighted by Gasteiger charge is 2.33. The summed E-state index contributed by atoms with van der Waals surface area (Å²) in [7, 11) is 0. The van der Waals surface area contributed by atoms with Gasteiger partial charge in [0.1, 0.15) is 0 Å². The highest BCUT2D eigenvalue weighted by Crippen LogP contribution is 2.30. The van der Waals surface area contributed by atoms with Gasteiger partial charge in [-0.1, -0.05) is 23.7 Å². The molecule has 1 aliphatic rings. The first-order chi connectivity index (χ1) is 7.59. The minimum Gasteiger partial charge on any atom is -0.481 e. The number of nitrogens with one attached hydrogen (secondary N) is 1. The summed E-state index contributed by atoms with van der Waals surface area (Å²) in [6, 6.07) is 5.74. The summed E-state index contributed by atoms with van der Waals surface area (Å²) < 4.78 is 0. The van der Waals surface area contributed by atoms with Gasteiger partial charge in [-0.2, -0.15) is 0 Å². The molecule has 0 radical (unpaired) electrons. The number of aryl methyl sites for hydroxylation is 1. The van der Waals surface area contributed by atoms with Crippen molar-refractivity contribution in [2.24, 2.45) is 5.92 Å². The molecule has 1 aliphatic heterocycles. The van der Waals surface area contributed by atoms with Gasteiger partial charge >= 0.3 is 5.97 Å². The van der Waals surface area contributed by atoms with Crippen molar-refractivity contribution in [1.29, 1.82) is 0 Å². The second-order valence-corrected chi connectivity index (χ2v) is 4.63. The lowest BCUT2D eigenvalue weighted by Gasteiger charge is -2.15. The van der Waals surface area contributed by atoms with Crippen molar-refractivity contribution in [2.75, 3.05) is 13.1 Å². The van der Waals surface area contributed by atoms with Crippen LogP contribution < -0.4 is 5.32 Å². The van der Waals surface area contributed by atoms with Crippen molar-refractivity contribution >= 4 is 17.6 Å². The molecule has 0 amide bonds. The molecule has 86 valence electrons. The Bertz CT molecular complexity index is 419. The maximum Gasteiger partial charge on any atom is 0.308 e. The zero-order valence-corrected chi connectivity index (χ0v) is 9.79. The predicted octanol–water partition coefficient (Wildman–Crippen LogP) is 2.04. The summed E-state index contributed by atoms with van der Waals surface area (Å²) in [5.41, 5.74) is 2.05. The zero-order chi connectivity index (χ0) is 11.7. The van der Waals surface area contributed by atoms with E-state index in [0.717, 1.165) is 22.7 Å². The maximum atomic E-state index is 11.1. The van der Waals surface area contributed by atoms with Crippen LogP contribution in [-0.4, -0.2) is 24.2 Å². The van der Waals surface area contributed by atoms with Gasteiger partial charge in [0.15, 0.2) is 0 Å². The second kappa shape index (κ2) is 4.44. The summed E-state index contributed by atoms with van der Waals surface area (Å²) >= 11 is 5.95. The van der Waals surface area contributed by atoms with E-state index < -0.39 is 5.97 Å². The van der Waals surface area contributed by atoms with E-state index in [1.54, 1.807) is 0 Å². The topological polar surface area (TPSA) is 49.3 Å². The number of carboxylic acid groups (broad SMARTS) is 1. The Morgan fingerprint density at radius 3 is 2.88 bits per heavy atom. The second-order valence-electron chi connectivity index (χ2n) is 4.22. The van der Waals surface area contributed by atoms with E-state index in [0.29, 0.717) is 6.54 Å². The number of aliphatic carboxylic acids is 1. The van der Waals surface area contributed by atoms with E-state index in [1.807, 2.05) is 25.1 Å². The third-order valence-corrected chi connectivity index (χ3v) is 3.57. The summed E-state index contributed by atoms with van der Waals surface area (Å²) in [6.07, 6.45) is 0. The number of hydrogen-bond acceptors (Lipinski definition) is 2. The van der Waals surface area contributed by atoms with E-state index in [1.165, 1.54) is 0 Å². The van der Waals surface area contributed by atoms with Crippen molar-refractivity contribution in [3.05, 3.63) is 34.3 Å². The summed E-state index contributed by atoms with van der Waals surface area (Å²) in [5.74, 6) is -1.02. The Morgan fingerprint density at radius 2 is 2.25 bits per heavy atom. The number of rotatable bonds is 2. The van der Waals surface area contributed by atoms with Crippen LogP contribution in [0.3, 0.4) is 0 Å². The third-order valence-electron chi connectivity index (χ3n) is 3.14. The lowest BCUT2D eigenvalue weighted by atomic mass is 9.88. The van der Waals surface area contributed by atoms with Crippen molar-refractivity contribution in [3.8, 4) is 0 Å². The van der Waals surface area contributed by atoms with Gasteiger partial charge in [-0.15, -0.1) is 0 Å². The monoisotopic (exact) mass is 239 g/mol. The number of halogens is 1. The van der Waals surface area contributed by atoms with Gasteiger partial charge in [-0.25, -0.2) is 0 Å². The number of benzene rings is 1. The Kier molecular flexibility index (Phi) is 3.17. The molecule has 0 spiro atoms. The smallest absolute Gasteiger partial charge is 0.308 e. The number of hydrogen-bond donors (Lipinski definition) is 2. The Balaban J connectivity index is 2.29. The molecule has 0 aliphatic carbocycles. The third kappa shape index (κ3) is 2.06. The van der Waals surface area contributed by atoms with Gasteiger partial charge in [0.05, 0.1) is 5.92 Å². The predicted molar refractivity (Wildman–Crippen MR) is 62.9 cm³/mol. The fourth-order valence-corrected chi connectivity index (χ4v) is 2.30. The van der Waals surface area contributed by atoms with Crippen molar-refractivity contribution in [2.45, 2.75) is 12.8 Å². The van der Waals surface area contributed by atoms with E-state index >= 15 is 0 Å². The van der Waals surface area contributed by atoms with E-state index in [4.69, 9.17) is 16.7 Å². The van der Waals surface area contributed by atoms with Crippen LogP contribution in [0, 0.1) is 12.8 Å². The molecular weight excluding hydrogens is 226 g/mol. The molecule has 2 atom stereocenters.